The molecule has 10 heteroatoms. The summed E-state index contributed by atoms with van der Waals surface area (Å²) in [6.45, 7) is 4.13. The number of ether oxygens (including phenoxy) is 1. The van der Waals surface area contributed by atoms with E-state index in [0.717, 1.165) is 5.69 Å². The van der Waals surface area contributed by atoms with E-state index in [2.05, 4.69) is 38.9 Å². The number of H-pyrrole nitrogens is 1. The average molecular weight is 479 g/mol. The van der Waals surface area contributed by atoms with Crippen LogP contribution < -0.4 is 10.1 Å². The van der Waals surface area contributed by atoms with Gasteiger partial charge in [-0.2, -0.15) is 0 Å². The molecule has 0 aliphatic rings. The highest BCUT2D eigenvalue weighted by molar-refractivity contribution is 6.03. The second kappa shape index (κ2) is 8.46. The van der Waals surface area contributed by atoms with Gasteiger partial charge in [-0.25, -0.2) is 9.97 Å². The number of benzene rings is 2. The van der Waals surface area contributed by atoms with E-state index in [1.165, 1.54) is 18.2 Å². The number of anilines is 1. The van der Waals surface area contributed by atoms with E-state index in [4.69, 9.17) is 0 Å². The first kappa shape index (κ1) is 22.5. The quantitative estimate of drug-likeness (QED) is 0.317. The van der Waals surface area contributed by atoms with E-state index in [-0.39, 0.29) is 23.3 Å². The standard InChI is InChI=1S/C25H20F3N5O2/c1-14(2)21-7-4-8-22-29-20(13-33(21)22)23(34)32-24-30-18-10-9-16(12-19(18)31-24)15-5-3-6-17(11-15)35-25(26,27)28/h3-14H,1-2H3,(H2,30,31,32,34). The molecule has 0 aliphatic carbocycles. The first-order valence-corrected chi connectivity index (χ1v) is 10.8. The molecule has 0 bridgehead atoms. The molecule has 2 aromatic carbocycles. The van der Waals surface area contributed by atoms with Crippen molar-refractivity contribution in [2.75, 3.05) is 5.32 Å². The number of carbonyl (C=O) groups excluding carboxylic acids is 1. The first-order chi connectivity index (χ1) is 16.7. The minimum Gasteiger partial charge on any atom is -0.406 e. The molecule has 1 amide bonds. The van der Waals surface area contributed by atoms with Crippen molar-refractivity contribution in [3.05, 3.63) is 78.2 Å². The SMILES string of the molecule is CC(C)c1cccc2nc(C(=O)Nc3nc4cc(-c5cccc(OC(F)(F)F)c5)ccc4[nH]3)cn12. The van der Waals surface area contributed by atoms with E-state index in [9.17, 15) is 18.0 Å². The Labute approximate surface area is 197 Å². The molecule has 0 fully saturated rings. The summed E-state index contributed by atoms with van der Waals surface area (Å²) in [7, 11) is 0. The number of imidazole rings is 2. The zero-order valence-corrected chi connectivity index (χ0v) is 18.7. The molecule has 0 radical (unpaired) electrons. The number of aromatic amines is 1. The lowest BCUT2D eigenvalue weighted by Gasteiger charge is -2.10. The largest absolute Gasteiger partial charge is 0.573 e. The van der Waals surface area contributed by atoms with Crippen molar-refractivity contribution in [1.82, 2.24) is 19.4 Å². The van der Waals surface area contributed by atoms with Crippen molar-refractivity contribution in [1.29, 1.82) is 0 Å². The Hall–Kier alpha value is -4.34. The van der Waals surface area contributed by atoms with Gasteiger partial charge in [0.1, 0.15) is 17.1 Å². The van der Waals surface area contributed by atoms with Gasteiger partial charge in [0, 0.05) is 11.9 Å². The van der Waals surface area contributed by atoms with Gasteiger partial charge in [-0.15, -0.1) is 13.2 Å². The van der Waals surface area contributed by atoms with Gasteiger partial charge in [-0.3, -0.25) is 10.1 Å². The molecule has 0 spiro atoms. The number of nitrogens with zero attached hydrogens (tertiary/aromatic N) is 3. The lowest BCUT2D eigenvalue weighted by atomic mass is 10.0. The van der Waals surface area contributed by atoms with Crippen LogP contribution in [0.1, 0.15) is 35.9 Å². The Morgan fingerprint density at radius 3 is 2.57 bits per heavy atom. The predicted molar refractivity (Wildman–Crippen MR) is 125 cm³/mol. The van der Waals surface area contributed by atoms with Crippen molar-refractivity contribution in [3.8, 4) is 16.9 Å². The van der Waals surface area contributed by atoms with E-state index in [0.29, 0.717) is 27.8 Å². The molecular formula is C25H20F3N5O2. The number of rotatable bonds is 5. The Kier molecular flexibility index (Phi) is 5.43. The predicted octanol–water partition coefficient (Wildman–Crippen LogP) is 6.15. The van der Waals surface area contributed by atoms with Crippen LogP contribution in [0.4, 0.5) is 19.1 Å². The number of pyridine rings is 1. The van der Waals surface area contributed by atoms with Crippen LogP contribution in [0.25, 0.3) is 27.8 Å². The van der Waals surface area contributed by atoms with Crippen molar-refractivity contribution >= 4 is 28.5 Å². The highest BCUT2D eigenvalue weighted by Crippen LogP contribution is 2.30. The summed E-state index contributed by atoms with van der Waals surface area (Å²) in [4.78, 5) is 24.7. The van der Waals surface area contributed by atoms with Crippen molar-refractivity contribution in [2.24, 2.45) is 0 Å². The molecule has 5 rings (SSSR count). The fourth-order valence-electron chi connectivity index (χ4n) is 3.90. The number of fused-ring (bicyclic) bond motifs is 2. The monoisotopic (exact) mass is 479 g/mol. The summed E-state index contributed by atoms with van der Waals surface area (Å²) >= 11 is 0. The van der Waals surface area contributed by atoms with Crippen LogP contribution in [0.3, 0.4) is 0 Å². The summed E-state index contributed by atoms with van der Waals surface area (Å²) in [6, 6.07) is 16.6. The fraction of sp³-hybridized carbons (Fsp3) is 0.160. The summed E-state index contributed by atoms with van der Waals surface area (Å²) < 4.78 is 43.6. The second-order valence-electron chi connectivity index (χ2n) is 8.31. The molecule has 0 aliphatic heterocycles. The van der Waals surface area contributed by atoms with Crippen molar-refractivity contribution in [2.45, 2.75) is 26.1 Å². The van der Waals surface area contributed by atoms with Gasteiger partial charge in [0.2, 0.25) is 5.95 Å². The Morgan fingerprint density at radius 1 is 1.03 bits per heavy atom. The van der Waals surface area contributed by atoms with Crippen LogP contribution in [-0.2, 0) is 0 Å². The number of hydrogen-bond donors (Lipinski definition) is 2. The van der Waals surface area contributed by atoms with Gasteiger partial charge < -0.3 is 14.1 Å². The number of alkyl halides is 3. The van der Waals surface area contributed by atoms with Crippen molar-refractivity contribution < 1.29 is 22.7 Å². The topological polar surface area (TPSA) is 84.3 Å². The molecule has 0 saturated heterocycles. The smallest absolute Gasteiger partial charge is 0.406 e. The van der Waals surface area contributed by atoms with Gasteiger partial charge in [0.05, 0.1) is 11.0 Å². The minimum atomic E-state index is -4.77. The van der Waals surface area contributed by atoms with E-state index < -0.39 is 12.3 Å². The molecule has 178 valence electrons. The fourth-order valence-corrected chi connectivity index (χ4v) is 3.90. The van der Waals surface area contributed by atoms with Gasteiger partial charge in [-0.1, -0.05) is 38.1 Å². The third kappa shape index (κ3) is 4.68. The maximum Gasteiger partial charge on any atom is 0.573 e. The number of aromatic nitrogens is 4. The Morgan fingerprint density at radius 2 is 1.80 bits per heavy atom. The van der Waals surface area contributed by atoms with Gasteiger partial charge in [0.25, 0.3) is 5.91 Å². The van der Waals surface area contributed by atoms with Gasteiger partial charge in [0.15, 0.2) is 0 Å². The minimum absolute atomic E-state index is 0.234. The normalized spacial score (nSPS) is 11.9. The average Bonchev–Trinajstić information content (AvgIpc) is 3.40. The Balaban J connectivity index is 1.39. The lowest BCUT2D eigenvalue weighted by molar-refractivity contribution is -0.274. The summed E-state index contributed by atoms with van der Waals surface area (Å²) in [6.07, 6.45) is -3.08. The molecule has 0 atom stereocenters. The zero-order chi connectivity index (χ0) is 24.7. The number of hydrogen-bond acceptors (Lipinski definition) is 4. The third-order valence-electron chi connectivity index (χ3n) is 5.46. The maximum atomic E-state index is 12.8. The summed E-state index contributed by atoms with van der Waals surface area (Å²) in [5.41, 5.74) is 4.34. The molecule has 35 heavy (non-hydrogen) atoms. The molecule has 2 N–H and O–H groups in total. The van der Waals surface area contributed by atoms with E-state index in [1.54, 1.807) is 30.5 Å². The first-order valence-electron chi connectivity index (χ1n) is 10.8. The van der Waals surface area contributed by atoms with E-state index >= 15 is 0 Å². The molecule has 3 aromatic heterocycles. The highest BCUT2D eigenvalue weighted by Gasteiger charge is 2.31. The third-order valence-corrected chi connectivity index (χ3v) is 5.46. The molecule has 7 nitrogen and oxygen atoms in total. The van der Waals surface area contributed by atoms with Crippen molar-refractivity contribution in [3.63, 3.8) is 0 Å². The van der Waals surface area contributed by atoms with Crippen LogP contribution in [-0.4, -0.2) is 31.6 Å². The molecule has 0 saturated carbocycles. The summed E-state index contributed by atoms with van der Waals surface area (Å²) in [5, 5.41) is 2.72. The molecule has 3 heterocycles. The van der Waals surface area contributed by atoms with E-state index in [1.807, 2.05) is 22.6 Å². The number of halogens is 3. The number of carbonyl (C=O) groups is 1. The maximum absolute atomic E-state index is 12.8. The zero-order valence-electron chi connectivity index (χ0n) is 18.7. The lowest BCUT2D eigenvalue weighted by Crippen LogP contribution is -2.17. The van der Waals surface area contributed by atoms with Gasteiger partial charge in [-0.05, 0) is 53.4 Å². The van der Waals surface area contributed by atoms with Crippen LogP contribution >= 0.6 is 0 Å². The second-order valence-corrected chi connectivity index (χ2v) is 8.31. The number of nitrogens with one attached hydrogen (secondary N) is 2. The summed E-state index contributed by atoms with van der Waals surface area (Å²) in [5.74, 6) is -0.232. The number of amides is 1. The highest BCUT2D eigenvalue weighted by atomic mass is 19.4. The molecule has 5 aromatic rings. The van der Waals surface area contributed by atoms with Crippen LogP contribution in [0, 0.1) is 0 Å². The molecule has 0 unspecified atom stereocenters. The van der Waals surface area contributed by atoms with Gasteiger partial charge >= 0.3 is 6.36 Å². The van der Waals surface area contributed by atoms with Crippen LogP contribution in [0.5, 0.6) is 5.75 Å². The van der Waals surface area contributed by atoms with Crippen LogP contribution in [0.15, 0.2) is 66.9 Å². The Bertz CT molecular complexity index is 1550. The van der Waals surface area contributed by atoms with Crippen LogP contribution in [0.2, 0.25) is 0 Å². The molecular weight excluding hydrogens is 459 g/mol.